The highest BCUT2D eigenvalue weighted by atomic mass is 16.6. The lowest BCUT2D eigenvalue weighted by molar-refractivity contribution is 0.151. The maximum Gasteiger partial charge on any atom is 0.412 e. The van der Waals surface area contributed by atoms with Gasteiger partial charge in [0.15, 0.2) is 0 Å². The molecule has 0 aliphatic carbocycles. The number of rotatable bonds is 1. The molecule has 1 aliphatic rings. The third-order valence-corrected chi connectivity index (χ3v) is 1.92. The number of hydrogen-bond acceptors (Lipinski definition) is 3. The summed E-state index contributed by atoms with van der Waals surface area (Å²) < 4.78 is 9.89. The molecule has 68 valence electrons. The van der Waals surface area contributed by atoms with Crippen LogP contribution >= 0.6 is 0 Å². The van der Waals surface area contributed by atoms with Crippen LogP contribution in [0.1, 0.15) is 5.56 Å². The second-order valence-corrected chi connectivity index (χ2v) is 2.70. The molecule has 1 aromatic carbocycles. The molecule has 1 amide bonds. The Morgan fingerprint density at radius 3 is 3.15 bits per heavy atom. The van der Waals surface area contributed by atoms with Crippen LogP contribution in [0.3, 0.4) is 0 Å². The number of methoxy groups -OCH3 is 1. The zero-order valence-corrected chi connectivity index (χ0v) is 7.16. The monoisotopic (exact) mass is 179 g/mol. The topological polar surface area (TPSA) is 47.6 Å². The third-order valence-electron chi connectivity index (χ3n) is 1.92. The van der Waals surface area contributed by atoms with E-state index in [1.54, 1.807) is 13.2 Å². The number of para-hydroxylation sites is 1. The molecule has 1 heterocycles. The van der Waals surface area contributed by atoms with E-state index in [2.05, 4.69) is 5.32 Å². The fraction of sp³-hybridized carbons (Fsp3) is 0.222. The number of hydrogen-bond donors (Lipinski definition) is 1. The van der Waals surface area contributed by atoms with Gasteiger partial charge in [-0.25, -0.2) is 4.79 Å². The normalized spacial score (nSPS) is 14.1. The first-order valence-electron chi connectivity index (χ1n) is 3.91. The Morgan fingerprint density at radius 1 is 1.54 bits per heavy atom. The summed E-state index contributed by atoms with van der Waals surface area (Å²) in [5.41, 5.74) is 1.64. The molecule has 0 saturated carbocycles. The van der Waals surface area contributed by atoms with Crippen molar-refractivity contribution in [1.82, 2.24) is 0 Å². The van der Waals surface area contributed by atoms with Gasteiger partial charge in [0.2, 0.25) is 0 Å². The van der Waals surface area contributed by atoms with E-state index in [-0.39, 0.29) is 0 Å². The van der Waals surface area contributed by atoms with Crippen LogP contribution in [0.2, 0.25) is 0 Å². The van der Waals surface area contributed by atoms with E-state index >= 15 is 0 Å². The average Bonchev–Trinajstić information content (AvgIpc) is 2.17. The van der Waals surface area contributed by atoms with Crippen LogP contribution in [0.15, 0.2) is 18.2 Å². The van der Waals surface area contributed by atoms with Crippen LogP contribution in [0.5, 0.6) is 5.75 Å². The quantitative estimate of drug-likeness (QED) is 0.714. The maximum absolute atomic E-state index is 10.9. The lowest BCUT2D eigenvalue weighted by Crippen LogP contribution is -2.20. The number of fused-ring (bicyclic) bond motifs is 1. The van der Waals surface area contributed by atoms with E-state index in [0.717, 1.165) is 5.56 Å². The second kappa shape index (κ2) is 2.97. The van der Waals surface area contributed by atoms with Crippen LogP contribution < -0.4 is 10.1 Å². The van der Waals surface area contributed by atoms with Crippen molar-refractivity contribution in [2.24, 2.45) is 0 Å². The SMILES string of the molecule is COc1cccc2c1NC(=O)OC2. The second-order valence-electron chi connectivity index (χ2n) is 2.70. The Labute approximate surface area is 75.5 Å². The molecule has 0 atom stereocenters. The molecular formula is C9H9NO3. The molecule has 1 aromatic rings. The van der Waals surface area contributed by atoms with Crippen molar-refractivity contribution < 1.29 is 14.3 Å². The largest absolute Gasteiger partial charge is 0.495 e. The zero-order chi connectivity index (χ0) is 9.26. The summed E-state index contributed by atoms with van der Waals surface area (Å²) in [5.74, 6) is 0.661. The van der Waals surface area contributed by atoms with Gasteiger partial charge in [-0.15, -0.1) is 0 Å². The number of benzene rings is 1. The lowest BCUT2D eigenvalue weighted by Gasteiger charge is -2.19. The summed E-state index contributed by atoms with van der Waals surface area (Å²) in [4.78, 5) is 10.9. The van der Waals surface area contributed by atoms with Gasteiger partial charge in [-0.05, 0) is 6.07 Å². The molecule has 1 N–H and O–H groups in total. The third kappa shape index (κ3) is 1.30. The van der Waals surface area contributed by atoms with Crippen LogP contribution in [0, 0.1) is 0 Å². The van der Waals surface area contributed by atoms with E-state index < -0.39 is 6.09 Å². The first-order chi connectivity index (χ1) is 6.31. The van der Waals surface area contributed by atoms with Gasteiger partial charge in [-0.3, -0.25) is 5.32 Å². The van der Waals surface area contributed by atoms with E-state index in [4.69, 9.17) is 9.47 Å². The molecule has 2 rings (SSSR count). The Kier molecular flexibility index (Phi) is 1.81. The van der Waals surface area contributed by atoms with Crippen LogP contribution in [0.4, 0.5) is 10.5 Å². The van der Waals surface area contributed by atoms with Gasteiger partial charge < -0.3 is 9.47 Å². The minimum absolute atomic E-state index is 0.304. The maximum atomic E-state index is 10.9. The van der Waals surface area contributed by atoms with Gasteiger partial charge in [0.25, 0.3) is 0 Å². The molecule has 0 fully saturated rings. The van der Waals surface area contributed by atoms with Gasteiger partial charge in [0, 0.05) is 5.56 Å². The van der Waals surface area contributed by atoms with Crippen molar-refractivity contribution in [2.75, 3.05) is 12.4 Å². The number of anilines is 1. The number of carbonyl (C=O) groups excluding carboxylic acids is 1. The predicted octanol–water partition coefficient (Wildman–Crippen LogP) is 1.76. The fourth-order valence-electron chi connectivity index (χ4n) is 1.29. The molecular weight excluding hydrogens is 170 g/mol. The number of amides is 1. The highest BCUT2D eigenvalue weighted by molar-refractivity contribution is 5.89. The lowest BCUT2D eigenvalue weighted by atomic mass is 10.1. The number of cyclic esters (lactones) is 1. The van der Waals surface area contributed by atoms with Crippen molar-refractivity contribution in [3.05, 3.63) is 23.8 Å². The molecule has 0 unspecified atom stereocenters. The first-order valence-corrected chi connectivity index (χ1v) is 3.91. The summed E-state index contributed by atoms with van der Waals surface area (Å²) in [6.45, 7) is 0.304. The number of ether oxygens (including phenoxy) is 2. The Hall–Kier alpha value is -1.71. The smallest absolute Gasteiger partial charge is 0.412 e. The standard InChI is InChI=1S/C9H9NO3/c1-12-7-4-2-3-6-5-13-9(11)10-8(6)7/h2-4H,5H2,1H3,(H,10,11). The number of nitrogens with one attached hydrogen (secondary N) is 1. The predicted molar refractivity (Wildman–Crippen MR) is 46.8 cm³/mol. The summed E-state index contributed by atoms with van der Waals surface area (Å²) in [6.07, 6.45) is -0.433. The fourth-order valence-corrected chi connectivity index (χ4v) is 1.29. The molecule has 0 aromatic heterocycles. The number of carbonyl (C=O) groups is 1. The van der Waals surface area contributed by atoms with Gasteiger partial charge in [-0.2, -0.15) is 0 Å². The van der Waals surface area contributed by atoms with Crippen molar-refractivity contribution in [1.29, 1.82) is 0 Å². The van der Waals surface area contributed by atoms with E-state index in [1.807, 2.05) is 12.1 Å². The summed E-state index contributed by atoms with van der Waals surface area (Å²) in [6, 6.07) is 5.54. The van der Waals surface area contributed by atoms with Crippen molar-refractivity contribution >= 4 is 11.8 Å². The molecule has 0 bridgehead atoms. The minimum Gasteiger partial charge on any atom is -0.495 e. The molecule has 1 aliphatic heterocycles. The molecule has 4 heteroatoms. The van der Waals surface area contributed by atoms with E-state index in [0.29, 0.717) is 18.0 Å². The molecule has 0 radical (unpaired) electrons. The van der Waals surface area contributed by atoms with Crippen LogP contribution in [-0.2, 0) is 11.3 Å². The molecule has 0 spiro atoms. The Bertz CT molecular complexity index is 334. The van der Waals surface area contributed by atoms with Crippen LogP contribution in [0.25, 0.3) is 0 Å². The Morgan fingerprint density at radius 2 is 2.38 bits per heavy atom. The van der Waals surface area contributed by atoms with Gasteiger partial charge in [0.05, 0.1) is 12.8 Å². The highest BCUT2D eigenvalue weighted by Crippen LogP contribution is 2.31. The van der Waals surface area contributed by atoms with Crippen LogP contribution in [-0.4, -0.2) is 13.2 Å². The van der Waals surface area contributed by atoms with Gasteiger partial charge in [0.1, 0.15) is 12.4 Å². The van der Waals surface area contributed by atoms with Crippen molar-refractivity contribution in [3.63, 3.8) is 0 Å². The molecule has 13 heavy (non-hydrogen) atoms. The average molecular weight is 179 g/mol. The summed E-state index contributed by atoms with van der Waals surface area (Å²) in [7, 11) is 1.57. The van der Waals surface area contributed by atoms with E-state index in [9.17, 15) is 4.79 Å². The van der Waals surface area contributed by atoms with Crippen molar-refractivity contribution in [2.45, 2.75) is 6.61 Å². The minimum atomic E-state index is -0.433. The summed E-state index contributed by atoms with van der Waals surface area (Å²) >= 11 is 0. The molecule has 0 saturated heterocycles. The summed E-state index contributed by atoms with van der Waals surface area (Å²) in [5, 5.41) is 2.59. The van der Waals surface area contributed by atoms with E-state index in [1.165, 1.54) is 0 Å². The first kappa shape index (κ1) is 7.91. The van der Waals surface area contributed by atoms with Gasteiger partial charge >= 0.3 is 6.09 Å². The Balaban J connectivity index is 2.46. The zero-order valence-electron chi connectivity index (χ0n) is 7.16. The molecule has 4 nitrogen and oxygen atoms in total. The van der Waals surface area contributed by atoms with Crippen molar-refractivity contribution in [3.8, 4) is 5.75 Å². The highest BCUT2D eigenvalue weighted by Gasteiger charge is 2.18. The van der Waals surface area contributed by atoms with Gasteiger partial charge in [-0.1, -0.05) is 12.1 Å².